The molecule has 0 unspecified atom stereocenters. The Balaban J connectivity index is 1.73. The molecule has 0 fully saturated rings. The second kappa shape index (κ2) is 9.88. The van der Waals surface area contributed by atoms with Gasteiger partial charge >= 0.3 is 18.4 Å². The first kappa shape index (κ1) is 26.8. The molecule has 1 amide bonds. The van der Waals surface area contributed by atoms with Gasteiger partial charge in [-0.05, 0) is 35.4 Å². The van der Waals surface area contributed by atoms with Crippen molar-refractivity contribution >= 4 is 17.0 Å². The van der Waals surface area contributed by atoms with Crippen LogP contribution in [0.5, 0.6) is 5.75 Å². The summed E-state index contributed by atoms with van der Waals surface area (Å²) < 4.78 is 86.1. The Morgan fingerprint density at radius 2 is 1.42 bits per heavy atom. The first-order chi connectivity index (χ1) is 17.8. The number of hydrogen-bond donors (Lipinski definition) is 0. The molecule has 0 radical (unpaired) electrons. The number of para-hydroxylation sites is 1. The number of nitrogens with zero attached hydrogens (tertiary/aromatic N) is 2. The van der Waals surface area contributed by atoms with Gasteiger partial charge in [-0.15, -0.1) is 0 Å². The predicted molar refractivity (Wildman–Crippen MR) is 129 cm³/mol. The molecule has 11 heteroatoms. The largest absolute Gasteiger partial charge is 0.416 e. The number of pyridine rings is 1. The smallest absolute Gasteiger partial charge is 0.404 e. The van der Waals surface area contributed by atoms with Crippen molar-refractivity contribution in [3.8, 4) is 16.9 Å². The van der Waals surface area contributed by atoms with E-state index in [1.807, 2.05) is 0 Å². The van der Waals surface area contributed by atoms with Crippen molar-refractivity contribution < 1.29 is 35.9 Å². The van der Waals surface area contributed by atoms with E-state index in [1.165, 1.54) is 11.6 Å². The molecular weight excluding hydrogens is 514 g/mol. The van der Waals surface area contributed by atoms with E-state index in [0.29, 0.717) is 34.2 Å². The molecule has 0 spiro atoms. The van der Waals surface area contributed by atoms with Gasteiger partial charge in [0.2, 0.25) is 5.75 Å². The Morgan fingerprint density at radius 3 is 2.00 bits per heavy atom. The highest BCUT2D eigenvalue weighted by atomic mass is 19.4. The van der Waals surface area contributed by atoms with Gasteiger partial charge in [0.25, 0.3) is 5.56 Å². The van der Waals surface area contributed by atoms with Gasteiger partial charge in [-0.2, -0.15) is 26.3 Å². The van der Waals surface area contributed by atoms with Crippen LogP contribution in [-0.4, -0.2) is 22.6 Å². The molecule has 0 saturated carbocycles. The Bertz CT molecular complexity index is 1530. The Morgan fingerprint density at radius 1 is 0.868 bits per heavy atom. The lowest BCUT2D eigenvalue weighted by atomic mass is 10.00. The molecule has 5 nitrogen and oxygen atoms in total. The van der Waals surface area contributed by atoms with Crippen molar-refractivity contribution in [2.45, 2.75) is 18.9 Å². The lowest BCUT2D eigenvalue weighted by molar-refractivity contribution is -0.143. The minimum absolute atomic E-state index is 0.00669. The summed E-state index contributed by atoms with van der Waals surface area (Å²) in [6, 6.07) is 16.6. The van der Waals surface area contributed by atoms with Crippen LogP contribution >= 0.6 is 0 Å². The monoisotopic (exact) mass is 534 g/mol. The third-order valence-corrected chi connectivity index (χ3v) is 5.89. The normalized spacial score (nSPS) is 12.0. The average Bonchev–Trinajstić information content (AvgIpc) is 2.86. The Hall–Kier alpha value is -4.28. The zero-order valence-corrected chi connectivity index (χ0v) is 20.0. The summed E-state index contributed by atoms with van der Waals surface area (Å²) in [6.07, 6.45) is -11.2. The average molecular weight is 534 g/mol. The number of carbonyl (C=O) groups is 1. The first-order valence-corrected chi connectivity index (χ1v) is 11.2. The molecule has 4 aromatic rings. The Labute approximate surface area is 212 Å². The molecule has 38 heavy (non-hydrogen) atoms. The third-order valence-electron chi connectivity index (χ3n) is 5.89. The van der Waals surface area contributed by atoms with Crippen LogP contribution in [0.4, 0.5) is 31.1 Å². The minimum Gasteiger partial charge on any atom is -0.404 e. The fraction of sp³-hybridized carbons (Fsp3) is 0.185. The van der Waals surface area contributed by atoms with Crippen molar-refractivity contribution in [2.75, 3.05) is 7.05 Å². The maximum atomic E-state index is 13.2. The number of hydrogen-bond acceptors (Lipinski definition) is 3. The summed E-state index contributed by atoms with van der Waals surface area (Å²) >= 11 is 0. The van der Waals surface area contributed by atoms with Crippen molar-refractivity contribution in [1.29, 1.82) is 0 Å². The van der Waals surface area contributed by atoms with Crippen molar-refractivity contribution in [2.24, 2.45) is 7.05 Å². The van der Waals surface area contributed by atoms with Crippen molar-refractivity contribution in [1.82, 2.24) is 9.47 Å². The van der Waals surface area contributed by atoms with Crippen molar-refractivity contribution in [3.05, 3.63) is 99.8 Å². The maximum absolute atomic E-state index is 13.2. The van der Waals surface area contributed by atoms with Crippen LogP contribution in [0.2, 0.25) is 0 Å². The van der Waals surface area contributed by atoms with Crippen LogP contribution in [0.25, 0.3) is 22.0 Å². The van der Waals surface area contributed by atoms with Gasteiger partial charge in [0.1, 0.15) is 0 Å². The zero-order chi connectivity index (χ0) is 27.8. The van der Waals surface area contributed by atoms with Gasteiger partial charge in [-0.1, -0.05) is 48.5 Å². The zero-order valence-electron chi connectivity index (χ0n) is 20.0. The summed E-state index contributed by atoms with van der Waals surface area (Å²) in [5, 5.41) is 0.596. The second-order valence-corrected chi connectivity index (χ2v) is 8.59. The van der Waals surface area contributed by atoms with E-state index in [0.717, 1.165) is 11.9 Å². The number of ether oxygens (including phenoxy) is 1. The molecule has 0 aliphatic heterocycles. The van der Waals surface area contributed by atoms with Gasteiger partial charge in [-0.3, -0.25) is 4.79 Å². The number of aromatic nitrogens is 1. The number of benzene rings is 3. The van der Waals surface area contributed by atoms with Gasteiger partial charge in [0.15, 0.2) is 0 Å². The summed E-state index contributed by atoms with van der Waals surface area (Å²) in [6.45, 7) is -0.638. The number of rotatable bonds is 4. The molecule has 198 valence electrons. The van der Waals surface area contributed by atoms with Gasteiger partial charge in [0.05, 0.1) is 16.6 Å². The maximum Gasteiger partial charge on any atom is 0.416 e. The van der Waals surface area contributed by atoms with E-state index >= 15 is 0 Å². The van der Waals surface area contributed by atoms with Gasteiger partial charge < -0.3 is 14.2 Å². The number of alkyl halides is 6. The van der Waals surface area contributed by atoms with Crippen LogP contribution < -0.4 is 10.3 Å². The first-order valence-electron chi connectivity index (χ1n) is 11.2. The molecule has 1 aromatic heterocycles. The summed E-state index contributed by atoms with van der Waals surface area (Å²) in [5.41, 5.74) is -2.61. The number of amides is 1. The number of fused-ring (bicyclic) bond motifs is 1. The van der Waals surface area contributed by atoms with E-state index in [4.69, 9.17) is 4.74 Å². The van der Waals surface area contributed by atoms with Crippen LogP contribution in [0.3, 0.4) is 0 Å². The number of halogens is 6. The van der Waals surface area contributed by atoms with Gasteiger partial charge in [0, 0.05) is 31.6 Å². The molecule has 0 aliphatic carbocycles. The molecule has 3 aromatic carbocycles. The molecule has 0 atom stereocenters. The van der Waals surface area contributed by atoms with Gasteiger partial charge in [-0.25, -0.2) is 4.79 Å². The molecule has 0 aliphatic rings. The predicted octanol–water partition coefficient (Wildman–Crippen LogP) is 6.87. The molecular formula is C27H20F6N2O3. The fourth-order valence-corrected chi connectivity index (χ4v) is 4.07. The molecule has 0 N–H and O–H groups in total. The SMILES string of the molecule is CN(Cc1cc(C(F)(F)F)cc(C(F)(F)F)c1)C(=O)Oc1c(-c2ccccc2)c2ccccc2n(C)c1=O. The van der Waals surface area contributed by atoms with Crippen LogP contribution in [0.15, 0.2) is 77.6 Å². The molecule has 0 bridgehead atoms. The highest BCUT2D eigenvalue weighted by Crippen LogP contribution is 2.37. The second-order valence-electron chi connectivity index (χ2n) is 8.59. The summed E-state index contributed by atoms with van der Waals surface area (Å²) in [7, 11) is 2.63. The molecule has 4 rings (SSSR count). The lowest BCUT2D eigenvalue weighted by Crippen LogP contribution is -2.32. The van der Waals surface area contributed by atoms with E-state index < -0.39 is 47.2 Å². The van der Waals surface area contributed by atoms with E-state index in [1.54, 1.807) is 54.6 Å². The van der Waals surface area contributed by atoms with E-state index in [9.17, 15) is 35.9 Å². The van der Waals surface area contributed by atoms with Crippen molar-refractivity contribution in [3.63, 3.8) is 0 Å². The topological polar surface area (TPSA) is 51.5 Å². The molecule has 1 heterocycles. The molecule has 0 saturated heterocycles. The standard InChI is InChI=1S/C27H20F6N2O3/c1-34(15-16-12-18(26(28,29)30)14-19(13-16)27(31,32)33)25(37)38-23-22(17-8-4-3-5-9-17)20-10-6-7-11-21(20)35(2)24(23)36/h3-14H,15H2,1-2H3. The lowest BCUT2D eigenvalue weighted by Gasteiger charge is -2.21. The quantitative estimate of drug-likeness (QED) is 0.269. The van der Waals surface area contributed by atoms with E-state index in [-0.39, 0.29) is 11.8 Å². The number of carbonyl (C=O) groups excluding carboxylic acids is 1. The summed E-state index contributed by atoms with van der Waals surface area (Å²) in [4.78, 5) is 27.0. The Kier molecular flexibility index (Phi) is 6.96. The van der Waals surface area contributed by atoms with Crippen LogP contribution in [0.1, 0.15) is 16.7 Å². The highest BCUT2D eigenvalue weighted by molar-refractivity contribution is 5.98. The highest BCUT2D eigenvalue weighted by Gasteiger charge is 2.37. The third kappa shape index (κ3) is 5.36. The number of aryl methyl sites for hydroxylation is 1. The minimum atomic E-state index is -5.03. The van der Waals surface area contributed by atoms with Crippen LogP contribution in [0, 0.1) is 0 Å². The fourth-order valence-electron chi connectivity index (χ4n) is 4.07. The van der Waals surface area contributed by atoms with Crippen LogP contribution in [-0.2, 0) is 25.9 Å². The van der Waals surface area contributed by atoms with E-state index in [2.05, 4.69) is 0 Å². The summed E-state index contributed by atoms with van der Waals surface area (Å²) in [5.74, 6) is -0.325.